The van der Waals surface area contributed by atoms with Crippen molar-refractivity contribution in [3.8, 4) is 5.75 Å². The lowest BCUT2D eigenvalue weighted by Gasteiger charge is -2.22. The van der Waals surface area contributed by atoms with Gasteiger partial charge in [0.15, 0.2) is 0 Å². The van der Waals surface area contributed by atoms with E-state index < -0.39 is 0 Å². The van der Waals surface area contributed by atoms with E-state index in [1.54, 1.807) is 0 Å². The standard InChI is InChI=1S/C17H20ClNO/c1-17(2,3)19-15-8-10-16(11-9-15)20-12-13-4-6-14(18)7-5-13/h4-11,19H,12H2,1-3H3. The van der Waals surface area contributed by atoms with Crippen LogP contribution < -0.4 is 10.1 Å². The van der Waals surface area contributed by atoms with Crippen molar-refractivity contribution in [3.05, 3.63) is 59.1 Å². The van der Waals surface area contributed by atoms with Crippen molar-refractivity contribution in [2.24, 2.45) is 0 Å². The molecule has 0 atom stereocenters. The normalized spacial score (nSPS) is 11.2. The van der Waals surface area contributed by atoms with Crippen molar-refractivity contribution < 1.29 is 4.74 Å². The molecule has 0 amide bonds. The zero-order chi connectivity index (χ0) is 14.6. The Morgan fingerprint density at radius 3 is 2.10 bits per heavy atom. The van der Waals surface area contributed by atoms with Crippen molar-refractivity contribution in [2.75, 3.05) is 5.32 Å². The van der Waals surface area contributed by atoms with Crippen molar-refractivity contribution in [1.82, 2.24) is 0 Å². The second-order valence-corrected chi connectivity index (χ2v) is 6.25. The second kappa shape index (κ2) is 6.19. The van der Waals surface area contributed by atoms with E-state index in [4.69, 9.17) is 16.3 Å². The molecule has 0 spiro atoms. The smallest absolute Gasteiger partial charge is 0.119 e. The number of nitrogens with one attached hydrogen (secondary N) is 1. The van der Waals surface area contributed by atoms with Gasteiger partial charge < -0.3 is 10.1 Å². The molecule has 0 unspecified atom stereocenters. The van der Waals surface area contributed by atoms with Gasteiger partial charge in [0.1, 0.15) is 12.4 Å². The second-order valence-electron chi connectivity index (χ2n) is 5.81. The Kier molecular flexibility index (Phi) is 4.56. The van der Waals surface area contributed by atoms with Crippen molar-refractivity contribution in [3.63, 3.8) is 0 Å². The van der Waals surface area contributed by atoms with Crippen LogP contribution in [0.2, 0.25) is 5.02 Å². The summed E-state index contributed by atoms with van der Waals surface area (Å²) in [6.07, 6.45) is 0. The lowest BCUT2D eigenvalue weighted by atomic mass is 10.1. The zero-order valence-corrected chi connectivity index (χ0v) is 12.9. The molecule has 3 heteroatoms. The first-order valence-corrected chi connectivity index (χ1v) is 7.06. The fraction of sp³-hybridized carbons (Fsp3) is 0.294. The van der Waals surface area contributed by atoms with Gasteiger partial charge in [-0.05, 0) is 62.7 Å². The lowest BCUT2D eigenvalue weighted by molar-refractivity contribution is 0.306. The Bertz CT molecular complexity index is 541. The molecule has 0 saturated heterocycles. The molecule has 0 bridgehead atoms. The summed E-state index contributed by atoms with van der Waals surface area (Å²) < 4.78 is 5.75. The minimum absolute atomic E-state index is 0.0612. The summed E-state index contributed by atoms with van der Waals surface area (Å²) in [5.74, 6) is 0.861. The summed E-state index contributed by atoms with van der Waals surface area (Å²) in [6.45, 7) is 6.96. The van der Waals surface area contributed by atoms with E-state index in [0.29, 0.717) is 6.61 Å². The van der Waals surface area contributed by atoms with Crippen molar-refractivity contribution in [1.29, 1.82) is 0 Å². The number of rotatable bonds is 4. The van der Waals surface area contributed by atoms with E-state index in [-0.39, 0.29) is 5.54 Å². The SMILES string of the molecule is CC(C)(C)Nc1ccc(OCc2ccc(Cl)cc2)cc1. The molecule has 2 rings (SSSR count). The third-order valence-electron chi connectivity index (χ3n) is 2.69. The van der Waals surface area contributed by atoms with Gasteiger partial charge in [0.25, 0.3) is 0 Å². The Morgan fingerprint density at radius 1 is 0.950 bits per heavy atom. The molecule has 0 aliphatic rings. The molecule has 106 valence electrons. The van der Waals surface area contributed by atoms with Gasteiger partial charge in [-0.15, -0.1) is 0 Å². The van der Waals surface area contributed by atoms with Crippen LogP contribution >= 0.6 is 11.6 Å². The maximum absolute atomic E-state index is 5.85. The van der Waals surface area contributed by atoms with Crippen LogP contribution in [-0.2, 0) is 6.61 Å². The van der Waals surface area contributed by atoms with Crippen LogP contribution in [0.25, 0.3) is 0 Å². The quantitative estimate of drug-likeness (QED) is 0.842. The van der Waals surface area contributed by atoms with Crippen LogP contribution in [0.4, 0.5) is 5.69 Å². The van der Waals surface area contributed by atoms with Gasteiger partial charge in [-0.2, -0.15) is 0 Å². The van der Waals surface area contributed by atoms with Gasteiger partial charge in [-0.25, -0.2) is 0 Å². The minimum atomic E-state index is 0.0612. The zero-order valence-electron chi connectivity index (χ0n) is 12.1. The van der Waals surface area contributed by atoms with Crippen LogP contribution in [0, 0.1) is 0 Å². The Labute approximate surface area is 125 Å². The van der Waals surface area contributed by atoms with E-state index in [1.807, 2.05) is 48.5 Å². The first-order chi connectivity index (χ1) is 9.42. The molecule has 2 aromatic carbocycles. The number of halogens is 1. The van der Waals surface area contributed by atoms with E-state index in [9.17, 15) is 0 Å². The molecule has 0 aliphatic carbocycles. The minimum Gasteiger partial charge on any atom is -0.489 e. The Hall–Kier alpha value is -1.67. The Balaban J connectivity index is 1.92. The molecule has 0 aromatic heterocycles. The first kappa shape index (κ1) is 14.7. The molecule has 0 radical (unpaired) electrons. The fourth-order valence-electron chi connectivity index (χ4n) is 1.81. The first-order valence-electron chi connectivity index (χ1n) is 6.68. The van der Waals surface area contributed by atoms with Crippen molar-refractivity contribution in [2.45, 2.75) is 32.9 Å². The van der Waals surface area contributed by atoms with Crippen LogP contribution in [0.5, 0.6) is 5.75 Å². The average Bonchev–Trinajstić information content (AvgIpc) is 2.38. The van der Waals surface area contributed by atoms with Gasteiger partial charge >= 0.3 is 0 Å². The number of benzene rings is 2. The summed E-state index contributed by atoms with van der Waals surface area (Å²) in [5, 5.41) is 4.16. The van der Waals surface area contributed by atoms with E-state index in [1.165, 1.54) is 0 Å². The number of hydrogen-bond acceptors (Lipinski definition) is 2. The van der Waals surface area contributed by atoms with Crippen LogP contribution in [-0.4, -0.2) is 5.54 Å². The van der Waals surface area contributed by atoms with Gasteiger partial charge in [-0.1, -0.05) is 23.7 Å². The topological polar surface area (TPSA) is 21.3 Å². The summed E-state index contributed by atoms with van der Waals surface area (Å²) >= 11 is 5.85. The third-order valence-corrected chi connectivity index (χ3v) is 2.94. The summed E-state index contributed by atoms with van der Waals surface area (Å²) in [7, 11) is 0. The molecule has 20 heavy (non-hydrogen) atoms. The largest absolute Gasteiger partial charge is 0.489 e. The Morgan fingerprint density at radius 2 is 1.55 bits per heavy atom. The molecule has 1 N–H and O–H groups in total. The number of anilines is 1. The molecule has 2 nitrogen and oxygen atoms in total. The summed E-state index contributed by atoms with van der Waals surface area (Å²) in [5.41, 5.74) is 2.26. The molecule has 0 aliphatic heterocycles. The highest BCUT2D eigenvalue weighted by molar-refractivity contribution is 6.30. The third kappa shape index (κ3) is 4.78. The van der Waals surface area contributed by atoms with Crippen molar-refractivity contribution >= 4 is 17.3 Å². The van der Waals surface area contributed by atoms with Gasteiger partial charge in [0.2, 0.25) is 0 Å². The summed E-state index contributed by atoms with van der Waals surface area (Å²) in [4.78, 5) is 0. The average molecular weight is 290 g/mol. The molecule has 0 saturated carbocycles. The predicted molar refractivity (Wildman–Crippen MR) is 85.6 cm³/mol. The fourth-order valence-corrected chi connectivity index (χ4v) is 1.94. The molecular formula is C17H20ClNO. The molecule has 0 fully saturated rings. The van der Waals surface area contributed by atoms with Crippen LogP contribution in [0.3, 0.4) is 0 Å². The van der Waals surface area contributed by atoms with Gasteiger partial charge in [-0.3, -0.25) is 0 Å². The molecular weight excluding hydrogens is 270 g/mol. The highest BCUT2D eigenvalue weighted by Crippen LogP contribution is 2.20. The van der Waals surface area contributed by atoms with Crippen LogP contribution in [0.1, 0.15) is 26.3 Å². The monoisotopic (exact) mass is 289 g/mol. The maximum atomic E-state index is 5.85. The highest BCUT2D eigenvalue weighted by atomic mass is 35.5. The number of hydrogen-bond donors (Lipinski definition) is 1. The van der Waals surface area contributed by atoms with Gasteiger partial charge in [0, 0.05) is 16.2 Å². The van der Waals surface area contributed by atoms with E-state index >= 15 is 0 Å². The molecule has 0 heterocycles. The summed E-state index contributed by atoms with van der Waals surface area (Å²) in [6, 6.07) is 15.7. The number of ether oxygens (including phenoxy) is 1. The van der Waals surface area contributed by atoms with E-state index in [2.05, 4.69) is 26.1 Å². The highest BCUT2D eigenvalue weighted by Gasteiger charge is 2.08. The van der Waals surface area contributed by atoms with E-state index in [0.717, 1.165) is 22.0 Å². The predicted octanol–water partition coefficient (Wildman–Crippen LogP) is 5.13. The van der Waals surface area contributed by atoms with Gasteiger partial charge in [0.05, 0.1) is 0 Å². The molecule has 2 aromatic rings. The lowest BCUT2D eigenvalue weighted by Crippen LogP contribution is -2.25. The van der Waals surface area contributed by atoms with Crippen LogP contribution in [0.15, 0.2) is 48.5 Å². The maximum Gasteiger partial charge on any atom is 0.119 e.